The number of hydrogen-bond acceptors (Lipinski definition) is 4. The number of methoxy groups -OCH3 is 2. The van der Waals surface area contributed by atoms with Gasteiger partial charge in [0.25, 0.3) is 0 Å². The summed E-state index contributed by atoms with van der Waals surface area (Å²) in [5.74, 6) is -0.244. The molecule has 0 aromatic carbocycles. The highest BCUT2D eigenvalue weighted by atomic mass is 16.5. The van der Waals surface area contributed by atoms with E-state index in [0.29, 0.717) is 13.0 Å². The normalized spacial score (nSPS) is 15.1. The van der Waals surface area contributed by atoms with Crippen LogP contribution >= 0.6 is 0 Å². The largest absolute Gasteiger partial charge is 0.468 e. The third-order valence-electron chi connectivity index (χ3n) is 2.01. The van der Waals surface area contributed by atoms with E-state index in [1.54, 1.807) is 7.11 Å². The van der Waals surface area contributed by atoms with Crippen LogP contribution in [-0.4, -0.2) is 38.9 Å². The lowest BCUT2D eigenvalue weighted by Crippen LogP contribution is -2.50. The Bertz CT molecular complexity index is 161. The van der Waals surface area contributed by atoms with Crippen LogP contribution in [0.2, 0.25) is 0 Å². The topological polar surface area (TPSA) is 47.6 Å². The van der Waals surface area contributed by atoms with E-state index in [1.165, 1.54) is 7.11 Å². The van der Waals surface area contributed by atoms with E-state index in [9.17, 15) is 4.79 Å². The highest BCUT2D eigenvalue weighted by Crippen LogP contribution is 2.11. The predicted octanol–water partition coefficient (Wildman–Crippen LogP) is 0.564. The molecule has 1 atom stereocenters. The summed E-state index contributed by atoms with van der Waals surface area (Å²) in [5.41, 5.74) is -0.625. The average molecular weight is 189 g/mol. The summed E-state index contributed by atoms with van der Waals surface area (Å²) < 4.78 is 9.64. The molecule has 0 radical (unpaired) electrons. The van der Waals surface area contributed by atoms with Crippen molar-refractivity contribution in [1.82, 2.24) is 5.32 Å². The van der Waals surface area contributed by atoms with Crippen molar-refractivity contribution in [3.63, 3.8) is 0 Å². The SMILES string of the molecule is CCNC(C)(CCOC)C(=O)OC. The summed E-state index contributed by atoms with van der Waals surface area (Å²) in [6.45, 7) is 5.04. The molecule has 1 unspecified atom stereocenters. The Morgan fingerprint density at radius 3 is 2.46 bits per heavy atom. The zero-order chi connectivity index (χ0) is 10.3. The lowest BCUT2D eigenvalue weighted by molar-refractivity contribution is -0.148. The van der Waals surface area contributed by atoms with Gasteiger partial charge >= 0.3 is 5.97 Å². The van der Waals surface area contributed by atoms with Crippen LogP contribution in [0, 0.1) is 0 Å². The second kappa shape index (κ2) is 5.94. The number of carbonyl (C=O) groups is 1. The fraction of sp³-hybridized carbons (Fsp3) is 0.889. The van der Waals surface area contributed by atoms with Gasteiger partial charge < -0.3 is 14.8 Å². The van der Waals surface area contributed by atoms with Crippen LogP contribution in [0.1, 0.15) is 20.3 Å². The highest BCUT2D eigenvalue weighted by molar-refractivity contribution is 5.80. The van der Waals surface area contributed by atoms with Gasteiger partial charge in [0, 0.05) is 13.7 Å². The molecule has 0 saturated carbocycles. The van der Waals surface area contributed by atoms with Crippen molar-refractivity contribution < 1.29 is 14.3 Å². The molecule has 4 heteroatoms. The number of rotatable bonds is 6. The minimum absolute atomic E-state index is 0.244. The summed E-state index contributed by atoms with van der Waals surface area (Å²) in [6.07, 6.45) is 0.615. The van der Waals surface area contributed by atoms with Gasteiger partial charge in [-0.3, -0.25) is 4.79 Å². The fourth-order valence-electron chi connectivity index (χ4n) is 1.18. The quantitative estimate of drug-likeness (QED) is 0.620. The lowest BCUT2D eigenvalue weighted by Gasteiger charge is -2.26. The van der Waals surface area contributed by atoms with Crippen LogP contribution in [0.4, 0.5) is 0 Å². The van der Waals surface area contributed by atoms with E-state index >= 15 is 0 Å². The van der Waals surface area contributed by atoms with E-state index in [1.807, 2.05) is 13.8 Å². The first kappa shape index (κ1) is 12.4. The molecule has 0 aromatic rings. The maximum absolute atomic E-state index is 11.4. The maximum atomic E-state index is 11.4. The van der Waals surface area contributed by atoms with Crippen LogP contribution in [0.25, 0.3) is 0 Å². The number of carbonyl (C=O) groups excluding carboxylic acids is 1. The van der Waals surface area contributed by atoms with Crippen molar-refractivity contribution in [1.29, 1.82) is 0 Å². The number of likely N-dealkylation sites (N-methyl/N-ethyl adjacent to an activating group) is 1. The molecular formula is C9H19NO3. The Morgan fingerprint density at radius 2 is 2.08 bits per heavy atom. The first-order valence-electron chi connectivity index (χ1n) is 4.43. The smallest absolute Gasteiger partial charge is 0.325 e. The monoisotopic (exact) mass is 189 g/mol. The standard InChI is InChI=1S/C9H19NO3/c1-5-10-9(2,6-7-12-3)8(11)13-4/h10H,5-7H2,1-4H3. The zero-order valence-corrected chi connectivity index (χ0v) is 8.85. The van der Waals surface area contributed by atoms with Gasteiger partial charge in [-0.25, -0.2) is 0 Å². The number of nitrogens with one attached hydrogen (secondary N) is 1. The second-order valence-electron chi connectivity index (χ2n) is 3.10. The minimum Gasteiger partial charge on any atom is -0.468 e. The zero-order valence-electron chi connectivity index (χ0n) is 8.85. The van der Waals surface area contributed by atoms with E-state index < -0.39 is 5.54 Å². The van der Waals surface area contributed by atoms with Gasteiger partial charge in [-0.1, -0.05) is 6.92 Å². The van der Waals surface area contributed by atoms with Gasteiger partial charge in [-0.15, -0.1) is 0 Å². The fourth-order valence-corrected chi connectivity index (χ4v) is 1.18. The summed E-state index contributed by atoms with van der Waals surface area (Å²) >= 11 is 0. The third kappa shape index (κ3) is 3.74. The van der Waals surface area contributed by atoms with Crippen LogP contribution in [0.5, 0.6) is 0 Å². The van der Waals surface area contributed by atoms with E-state index in [4.69, 9.17) is 9.47 Å². The Labute approximate surface area is 79.6 Å². The first-order chi connectivity index (χ1) is 6.10. The number of esters is 1. The Balaban J connectivity index is 4.23. The van der Waals surface area contributed by atoms with E-state index in [-0.39, 0.29) is 5.97 Å². The van der Waals surface area contributed by atoms with Crippen LogP contribution in [0.3, 0.4) is 0 Å². The Kier molecular flexibility index (Phi) is 5.66. The number of ether oxygens (including phenoxy) is 2. The van der Waals surface area contributed by atoms with Gasteiger partial charge in [0.1, 0.15) is 5.54 Å². The molecule has 0 rings (SSSR count). The molecule has 0 aromatic heterocycles. The van der Waals surface area contributed by atoms with Crippen LogP contribution < -0.4 is 5.32 Å². The molecule has 0 spiro atoms. The molecular weight excluding hydrogens is 170 g/mol. The van der Waals surface area contributed by atoms with Gasteiger partial charge in [-0.2, -0.15) is 0 Å². The van der Waals surface area contributed by atoms with Crippen molar-refractivity contribution in [2.24, 2.45) is 0 Å². The second-order valence-corrected chi connectivity index (χ2v) is 3.10. The first-order valence-corrected chi connectivity index (χ1v) is 4.43. The molecule has 0 aliphatic rings. The van der Waals surface area contributed by atoms with Crippen LogP contribution in [0.15, 0.2) is 0 Å². The predicted molar refractivity (Wildman–Crippen MR) is 50.6 cm³/mol. The minimum atomic E-state index is -0.625. The summed E-state index contributed by atoms with van der Waals surface area (Å²) in [4.78, 5) is 11.4. The Morgan fingerprint density at radius 1 is 1.46 bits per heavy atom. The molecule has 0 amide bonds. The summed E-state index contributed by atoms with van der Waals surface area (Å²) in [5, 5.41) is 3.09. The molecule has 78 valence electrons. The van der Waals surface area contributed by atoms with Gasteiger partial charge in [-0.05, 0) is 19.9 Å². The molecule has 1 N–H and O–H groups in total. The van der Waals surface area contributed by atoms with Crippen molar-refractivity contribution >= 4 is 5.97 Å². The van der Waals surface area contributed by atoms with Crippen LogP contribution in [-0.2, 0) is 14.3 Å². The summed E-state index contributed by atoms with van der Waals surface area (Å²) in [7, 11) is 3.01. The molecule has 0 fully saturated rings. The van der Waals surface area contributed by atoms with E-state index in [2.05, 4.69) is 5.32 Å². The highest BCUT2D eigenvalue weighted by Gasteiger charge is 2.32. The third-order valence-corrected chi connectivity index (χ3v) is 2.01. The molecule has 0 bridgehead atoms. The molecule has 0 aliphatic carbocycles. The van der Waals surface area contributed by atoms with Crippen molar-refractivity contribution in [2.45, 2.75) is 25.8 Å². The van der Waals surface area contributed by atoms with Gasteiger partial charge in [0.05, 0.1) is 7.11 Å². The number of hydrogen-bond donors (Lipinski definition) is 1. The van der Waals surface area contributed by atoms with Crippen molar-refractivity contribution in [3.05, 3.63) is 0 Å². The Hall–Kier alpha value is -0.610. The van der Waals surface area contributed by atoms with Crippen molar-refractivity contribution in [2.75, 3.05) is 27.4 Å². The maximum Gasteiger partial charge on any atom is 0.325 e. The molecule has 4 nitrogen and oxygen atoms in total. The van der Waals surface area contributed by atoms with E-state index in [0.717, 1.165) is 6.54 Å². The van der Waals surface area contributed by atoms with Gasteiger partial charge in [0.15, 0.2) is 0 Å². The van der Waals surface area contributed by atoms with Crippen molar-refractivity contribution in [3.8, 4) is 0 Å². The average Bonchev–Trinajstić information content (AvgIpc) is 2.14. The lowest BCUT2D eigenvalue weighted by atomic mass is 9.98. The molecule has 0 saturated heterocycles. The van der Waals surface area contributed by atoms with Gasteiger partial charge in [0.2, 0.25) is 0 Å². The summed E-state index contributed by atoms with van der Waals surface area (Å²) in [6, 6.07) is 0. The molecule has 0 aliphatic heterocycles. The molecule has 0 heterocycles. The molecule has 13 heavy (non-hydrogen) atoms.